The summed E-state index contributed by atoms with van der Waals surface area (Å²) in [7, 11) is 1.69. The van der Waals surface area contributed by atoms with Crippen LogP contribution in [0.3, 0.4) is 0 Å². The van der Waals surface area contributed by atoms with Gasteiger partial charge >= 0.3 is 0 Å². The summed E-state index contributed by atoms with van der Waals surface area (Å²) in [6, 6.07) is 6.09. The van der Waals surface area contributed by atoms with Gasteiger partial charge in [-0.2, -0.15) is 0 Å². The fourth-order valence-corrected chi connectivity index (χ4v) is 2.65. The highest BCUT2D eigenvalue weighted by Crippen LogP contribution is 2.27. The van der Waals surface area contributed by atoms with E-state index in [1.165, 1.54) is 0 Å². The minimum Gasteiger partial charge on any atom is -0.383 e. The Morgan fingerprint density at radius 1 is 1.43 bits per heavy atom. The molecule has 1 amide bonds. The molecule has 0 bridgehead atoms. The number of anilines is 1. The van der Waals surface area contributed by atoms with Crippen molar-refractivity contribution in [2.24, 2.45) is 0 Å². The predicted molar refractivity (Wildman–Crippen MR) is 84.9 cm³/mol. The number of rotatable bonds is 6. The molecule has 1 heterocycles. The lowest BCUT2D eigenvalue weighted by molar-refractivity contribution is -0.120. The van der Waals surface area contributed by atoms with Gasteiger partial charge in [0.25, 0.3) is 0 Å². The van der Waals surface area contributed by atoms with Crippen LogP contribution in [-0.2, 0) is 16.1 Å². The number of nitrogens with one attached hydrogen (secondary N) is 2. The molecule has 21 heavy (non-hydrogen) atoms. The van der Waals surface area contributed by atoms with E-state index in [1.54, 1.807) is 7.11 Å². The average molecular weight is 312 g/mol. The highest BCUT2D eigenvalue weighted by molar-refractivity contribution is 6.33. The molecule has 0 saturated carbocycles. The van der Waals surface area contributed by atoms with Gasteiger partial charge in [0.05, 0.1) is 17.3 Å². The van der Waals surface area contributed by atoms with Gasteiger partial charge in [-0.25, -0.2) is 0 Å². The van der Waals surface area contributed by atoms with Crippen LogP contribution in [0.15, 0.2) is 18.2 Å². The molecule has 0 unspecified atom stereocenters. The summed E-state index contributed by atoms with van der Waals surface area (Å²) in [6.45, 7) is 4.43. The van der Waals surface area contributed by atoms with E-state index in [2.05, 4.69) is 21.6 Å². The highest BCUT2D eigenvalue weighted by Gasteiger charge is 2.16. The van der Waals surface area contributed by atoms with Gasteiger partial charge in [0.1, 0.15) is 0 Å². The molecule has 1 aromatic carbocycles. The fourth-order valence-electron chi connectivity index (χ4n) is 2.33. The van der Waals surface area contributed by atoms with Gasteiger partial charge in [0.15, 0.2) is 0 Å². The van der Waals surface area contributed by atoms with Gasteiger partial charge in [-0.05, 0) is 17.7 Å². The van der Waals surface area contributed by atoms with Gasteiger partial charge in [-0.1, -0.05) is 17.7 Å². The van der Waals surface area contributed by atoms with Crippen LogP contribution < -0.4 is 15.5 Å². The summed E-state index contributed by atoms with van der Waals surface area (Å²) in [4.78, 5) is 13.5. The Hall–Kier alpha value is -1.30. The fraction of sp³-hybridized carbons (Fsp3) is 0.533. The number of methoxy groups -OCH3 is 1. The van der Waals surface area contributed by atoms with Crippen molar-refractivity contribution in [3.05, 3.63) is 28.8 Å². The molecule has 116 valence electrons. The van der Waals surface area contributed by atoms with Crippen LogP contribution in [0.4, 0.5) is 5.69 Å². The molecule has 0 aromatic heterocycles. The maximum Gasteiger partial charge on any atom is 0.221 e. The Balaban J connectivity index is 1.96. The summed E-state index contributed by atoms with van der Waals surface area (Å²) < 4.78 is 4.99. The lowest BCUT2D eigenvalue weighted by Gasteiger charge is -2.23. The van der Waals surface area contributed by atoms with Crippen LogP contribution in [0.1, 0.15) is 12.0 Å². The largest absolute Gasteiger partial charge is 0.383 e. The Labute approximate surface area is 130 Å². The van der Waals surface area contributed by atoms with Crippen LogP contribution >= 0.6 is 11.6 Å². The SMILES string of the molecule is COCCNCc1ccc(N2CCNC(=O)CC2)c(Cl)c1. The first-order valence-corrected chi connectivity index (χ1v) is 7.58. The Morgan fingerprint density at radius 2 is 2.29 bits per heavy atom. The molecular formula is C15H22ClN3O2. The molecule has 0 radical (unpaired) electrons. The molecule has 0 spiro atoms. The Kier molecular flexibility index (Phi) is 6.29. The molecule has 1 aliphatic heterocycles. The Morgan fingerprint density at radius 3 is 3.05 bits per heavy atom. The summed E-state index contributed by atoms with van der Waals surface area (Å²) in [5.41, 5.74) is 2.14. The monoisotopic (exact) mass is 311 g/mol. The van der Waals surface area contributed by atoms with Gasteiger partial charge in [0.2, 0.25) is 5.91 Å². The highest BCUT2D eigenvalue weighted by atomic mass is 35.5. The minimum absolute atomic E-state index is 0.104. The average Bonchev–Trinajstić information content (AvgIpc) is 2.69. The second-order valence-electron chi connectivity index (χ2n) is 5.04. The maximum atomic E-state index is 11.4. The number of carbonyl (C=O) groups is 1. The third-order valence-electron chi connectivity index (χ3n) is 3.48. The predicted octanol–water partition coefficient (Wildman–Crippen LogP) is 1.40. The van der Waals surface area contributed by atoms with Crippen molar-refractivity contribution in [3.8, 4) is 0 Å². The van der Waals surface area contributed by atoms with E-state index >= 15 is 0 Å². The molecular weight excluding hydrogens is 290 g/mol. The molecule has 6 heteroatoms. The maximum absolute atomic E-state index is 11.4. The van der Waals surface area contributed by atoms with E-state index in [-0.39, 0.29) is 5.91 Å². The van der Waals surface area contributed by atoms with Crippen molar-refractivity contribution >= 4 is 23.2 Å². The number of hydrogen-bond acceptors (Lipinski definition) is 4. The third-order valence-corrected chi connectivity index (χ3v) is 3.78. The second-order valence-corrected chi connectivity index (χ2v) is 5.45. The zero-order chi connectivity index (χ0) is 15.1. The van der Waals surface area contributed by atoms with Crippen molar-refractivity contribution in [1.82, 2.24) is 10.6 Å². The number of hydrogen-bond donors (Lipinski definition) is 2. The van der Waals surface area contributed by atoms with E-state index in [4.69, 9.17) is 16.3 Å². The van der Waals surface area contributed by atoms with Crippen LogP contribution in [0, 0.1) is 0 Å². The van der Waals surface area contributed by atoms with E-state index < -0.39 is 0 Å². The van der Waals surface area contributed by atoms with Crippen molar-refractivity contribution in [1.29, 1.82) is 0 Å². The quantitative estimate of drug-likeness (QED) is 0.780. The zero-order valence-electron chi connectivity index (χ0n) is 12.3. The number of halogens is 1. The molecule has 0 aliphatic carbocycles. The first kappa shape index (κ1) is 16.1. The zero-order valence-corrected chi connectivity index (χ0v) is 13.1. The Bertz CT molecular complexity index is 482. The van der Waals surface area contributed by atoms with Crippen molar-refractivity contribution in [2.45, 2.75) is 13.0 Å². The summed E-state index contributed by atoms with van der Waals surface area (Å²) in [6.07, 6.45) is 0.511. The third kappa shape index (κ3) is 4.88. The number of benzene rings is 1. The first-order valence-electron chi connectivity index (χ1n) is 7.20. The molecule has 5 nitrogen and oxygen atoms in total. The van der Waals surface area contributed by atoms with E-state index in [0.29, 0.717) is 26.1 Å². The van der Waals surface area contributed by atoms with Gasteiger partial charge in [0, 0.05) is 46.3 Å². The van der Waals surface area contributed by atoms with Crippen molar-refractivity contribution in [3.63, 3.8) is 0 Å². The van der Waals surface area contributed by atoms with Crippen LogP contribution in [0.2, 0.25) is 5.02 Å². The molecule has 1 saturated heterocycles. The lowest BCUT2D eigenvalue weighted by atomic mass is 10.2. The second kappa shape index (κ2) is 8.22. The summed E-state index contributed by atoms with van der Waals surface area (Å²) in [5, 5.41) is 6.89. The van der Waals surface area contributed by atoms with Crippen molar-refractivity contribution < 1.29 is 9.53 Å². The van der Waals surface area contributed by atoms with E-state index in [0.717, 1.165) is 35.9 Å². The molecule has 1 aromatic rings. The summed E-state index contributed by atoms with van der Waals surface area (Å²) >= 11 is 6.39. The summed E-state index contributed by atoms with van der Waals surface area (Å²) in [5.74, 6) is 0.104. The smallest absolute Gasteiger partial charge is 0.221 e. The number of carbonyl (C=O) groups excluding carboxylic acids is 1. The van der Waals surface area contributed by atoms with Crippen LogP contribution in [-0.4, -0.2) is 45.8 Å². The minimum atomic E-state index is 0.104. The number of amides is 1. The van der Waals surface area contributed by atoms with Crippen LogP contribution in [0.5, 0.6) is 0 Å². The van der Waals surface area contributed by atoms with Crippen LogP contribution in [0.25, 0.3) is 0 Å². The topological polar surface area (TPSA) is 53.6 Å². The molecule has 1 fully saturated rings. The van der Waals surface area contributed by atoms with E-state index in [9.17, 15) is 4.79 Å². The van der Waals surface area contributed by atoms with Gasteiger partial charge in [-0.3, -0.25) is 4.79 Å². The van der Waals surface area contributed by atoms with Gasteiger partial charge < -0.3 is 20.3 Å². The first-order chi connectivity index (χ1) is 10.2. The number of nitrogens with zero attached hydrogens (tertiary/aromatic N) is 1. The molecule has 0 atom stereocenters. The van der Waals surface area contributed by atoms with E-state index in [1.807, 2.05) is 12.1 Å². The standard InChI is InChI=1S/C15H22ClN3O2/c1-21-9-6-17-11-12-2-3-14(13(16)10-12)19-7-4-15(20)18-5-8-19/h2-3,10,17H,4-9,11H2,1H3,(H,18,20). The normalized spacial score (nSPS) is 15.7. The van der Waals surface area contributed by atoms with Crippen molar-refractivity contribution in [2.75, 3.05) is 44.8 Å². The van der Waals surface area contributed by atoms with Gasteiger partial charge in [-0.15, -0.1) is 0 Å². The molecule has 1 aliphatic rings. The molecule has 2 rings (SSSR count). The molecule has 2 N–H and O–H groups in total. The number of ether oxygens (including phenoxy) is 1. The lowest BCUT2D eigenvalue weighted by Crippen LogP contribution is -2.28.